The highest BCUT2D eigenvalue weighted by Gasteiger charge is 2.31. The van der Waals surface area contributed by atoms with Crippen molar-refractivity contribution < 1.29 is 9.47 Å². The third kappa shape index (κ3) is 5.11. The Morgan fingerprint density at radius 1 is 1.13 bits per heavy atom. The quantitative estimate of drug-likeness (QED) is 0.507. The van der Waals surface area contributed by atoms with Crippen LogP contribution < -0.4 is 5.73 Å². The van der Waals surface area contributed by atoms with Crippen LogP contribution in [0.2, 0.25) is 0 Å². The summed E-state index contributed by atoms with van der Waals surface area (Å²) >= 11 is 0. The van der Waals surface area contributed by atoms with Crippen molar-refractivity contribution in [2.24, 2.45) is 11.7 Å². The van der Waals surface area contributed by atoms with Gasteiger partial charge in [-0.2, -0.15) is 0 Å². The van der Waals surface area contributed by atoms with Gasteiger partial charge in [-0.3, -0.25) is 0 Å². The molecule has 0 fully saturated rings. The van der Waals surface area contributed by atoms with Gasteiger partial charge in [-0.15, -0.1) is 0 Å². The Morgan fingerprint density at radius 2 is 1.60 bits per heavy atom. The van der Waals surface area contributed by atoms with Crippen LogP contribution in [0.5, 0.6) is 0 Å². The van der Waals surface area contributed by atoms with Gasteiger partial charge in [0.05, 0.1) is 0 Å². The van der Waals surface area contributed by atoms with Crippen molar-refractivity contribution in [3.05, 3.63) is 0 Å². The lowest BCUT2D eigenvalue weighted by Crippen LogP contribution is -2.55. The van der Waals surface area contributed by atoms with Crippen LogP contribution in [-0.2, 0) is 9.47 Å². The Hall–Kier alpha value is 0.0969. The maximum atomic E-state index is 6.40. The first-order valence-corrected chi connectivity index (χ1v) is 7.54. The Balaban J connectivity index is 4.33. The number of nitrogens with two attached hydrogens (primary N) is 1. The lowest BCUT2D eigenvalue weighted by atomic mass is 10.0. The summed E-state index contributed by atoms with van der Waals surface area (Å²) < 4.78 is 11.2. The van der Waals surface area contributed by atoms with Gasteiger partial charge in [-0.25, -0.2) is 0 Å². The van der Waals surface area contributed by atoms with Crippen LogP contribution in [0.1, 0.15) is 41.0 Å². The second-order valence-electron chi connectivity index (χ2n) is 4.29. The van der Waals surface area contributed by atoms with Gasteiger partial charge >= 0.3 is 0 Å². The van der Waals surface area contributed by atoms with Crippen molar-refractivity contribution in [3.8, 4) is 0 Å². The molecule has 0 aliphatic rings. The fourth-order valence-electron chi connectivity index (χ4n) is 1.64. The normalized spacial score (nSPS) is 16.8. The molecule has 0 radical (unpaired) electrons. The van der Waals surface area contributed by atoms with E-state index in [0.29, 0.717) is 19.1 Å². The van der Waals surface area contributed by atoms with Gasteiger partial charge in [0.1, 0.15) is 15.4 Å². The molecule has 0 aromatic rings. The smallest absolute Gasteiger partial charge is 0.136 e. The fraction of sp³-hybridized carbons (Fsp3) is 1.00. The largest absolute Gasteiger partial charge is 0.357 e. The molecule has 2 N–H and O–H groups in total. The monoisotopic (exact) mass is 233 g/mol. The highest BCUT2D eigenvalue weighted by atomic mass is 28.2. The first-order chi connectivity index (χ1) is 7.00. The van der Waals surface area contributed by atoms with E-state index in [-0.39, 0.29) is 11.1 Å². The van der Waals surface area contributed by atoms with E-state index in [1.54, 1.807) is 0 Å². The Bertz CT molecular complexity index is 161. The van der Waals surface area contributed by atoms with Crippen molar-refractivity contribution in [1.82, 2.24) is 0 Å². The van der Waals surface area contributed by atoms with Crippen LogP contribution in [0, 0.1) is 5.92 Å². The SMILES string of the molecule is CCOC(OCC)[SiH2]C(N)(CC)C(C)C. The Kier molecular flexibility index (Phi) is 7.43. The average Bonchev–Trinajstić information content (AvgIpc) is 2.18. The predicted octanol–water partition coefficient (Wildman–Crippen LogP) is 1.23. The molecule has 0 rings (SSSR count). The van der Waals surface area contributed by atoms with Crippen molar-refractivity contribution in [3.63, 3.8) is 0 Å². The third-order valence-corrected chi connectivity index (χ3v) is 5.94. The molecule has 3 nitrogen and oxygen atoms in total. The first-order valence-electron chi connectivity index (χ1n) is 6.02. The third-order valence-electron chi connectivity index (χ3n) is 3.06. The summed E-state index contributed by atoms with van der Waals surface area (Å²) in [6.45, 7) is 11.9. The van der Waals surface area contributed by atoms with Gasteiger partial charge < -0.3 is 15.2 Å². The van der Waals surface area contributed by atoms with E-state index in [1.165, 1.54) is 0 Å². The molecule has 0 heterocycles. The van der Waals surface area contributed by atoms with E-state index < -0.39 is 9.52 Å². The van der Waals surface area contributed by atoms with Crippen molar-refractivity contribution >= 4 is 9.52 Å². The molecule has 92 valence electrons. The number of hydrogen-bond donors (Lipinski definition) is 1. The topological polar surface area (TPSA) is 44.5 Å². The number of ether oxygens (including phenoxy) is 2. The molecule has 4 heteroatoms. The minimum atomic E-state index is -0.593. The summed E-state index contributed by atoms with van der Waals surface area (Å²) in [6, 6.07) is 0. The zero-order chi connectivity index (χ0) is 11.9. The minimum absolute atomic E-state index is 0.0210. The maximum absolute atomic E-state index is 6.40. The average molecular weight is 233 g/mol. The highest BCUT2D eigenvalue weighted by molar-refractivity contribution is 6.41. The summed E-state index contributed by atoms with van der Waals surface area (Å²) in [5, 5.41) is -0.0466. The fourth-order valence-corrected chi connectivity index (χ4v) is 3.72. The van der Waals surface area contributed by atoms with E-state index >= 15 is 0 Å². The van der Waals surface area contributed by atoms with Crippen molar-refractivity contribution in [2.75, 3.05) is 13.2 Å². The van der Waals surface area contributed by atoms with E-state index in [1.807, 2.05) is 13.8 Å². The summed E-state index contributed by atoms with van der Waals surface area (Å²) in [6.07, 6.45) is 1.01. The zero-order valence-electron chi connectivity index (χ0n) is 10.9. The van der Waals surface area contributed by atoms with Gasteiger partial charge in [-0.05, 0) is 26.2 Å². The second-order valence-corrected chi connectivity index (χ2v) is 6.68. The zero-order valence-corrected chi connectivity index (χ0v) is 12.3. The van der Waals surface area contributed by atoms with E-state index in [2.05, 4.69) is 20.8 Å². The van der Waals surface area contributed by atoms with Crippen LogP contribution in [0.25, 0.3) is 0 Å². The van der Waals surface area contributed by atoms with Crippen molar-refractivity contribution in [2.45, 2.75) is 52.1 Å². The van der Waals surface area contributed by atoms with Crippen LogP contribution in [0.3, 0.4) is 0 Å². The molecule has 1 atom stereocenters. The molecule has 0 amide bonds. The van der Waals surface area contributed by atoms with E-state index in [9.17, 15) is 0 Å². The maximum Gasteiger partial charge on any atom is 0.136 e. The predicted molar refractivity (Wildman–Crippen MR) is 67.6 cm³/mol. The van der Waals surface area contributed by atoms with Gasteiger partial charge in [0, 0.05) is 18.4 Å². The van der Waals surface area contributed by atoms with Crippen LogP contribution in [-0.4, -0.2) is 33.8 Å². The molecule has 0 spiro atoms. The molecular formula is C11H27NO2Si. The molecule has 0 aromatic heterocycles. The highest BCUT2D eigenvalue weighted by Crippen LogP contribution is 2.18. The van der Waals surface area contributed by atoms with Crippen LogP contribution in [0.4, 0.5) is 0 Å². The molecule has 0 saturated carbocycles. The lowest BCUT2D eigenvalue weighted by Gasteiger charge is -2.35. The summed E-state index contributed by atoms with van der Waals surface area (Å²) in [7, 11) is -0.593. The molecule has 1 unspecified atom stereocenters. The first kappa shape index (κ1) is 15.1. The molecule has 15 heavy (non-hydrogen) atoms. The number of rotatable bonds is 8. The molecule has 0 bridgehead atoms. The van der Waals surface area contributed by atoms with Crippen LogP contribution in [0.15, 0.2) is 0 Å². The molecule has 0 aromatic carbocycles. The van der Waals surface area contributed by atoms with E-state index in [0.717, 1.165) is 6.42 Å². The van der Waals surface area contributed by atoms with Gasteiger partial charge in [0.15, 0.2) is 0 Å². The lowest BCUT2D eigenvalue weighted by molar-refractivity contribution is -0.0848. The summed E-state index contributed by atoms with van der Waals surface area (Å²) in [4.78, 5) is 0. The minimum Gasteiger partial charge on any atom is -0.357 e. The van der Waals surface area contributed by atoms with Gasteiger partial charge in [0.25, 0.3) is 0 Å². The standard InChI is InChI=1S/C11H27NO2Si/c1-6-11(12,9(4)5)15-10(13-7-2)14-8-3/h9-10H,6-8,12,15H2,1-5H3. The summed E-state index contributed by atoms with van der Waals surface area (Å²) in [5.74, 6) is 0.477. The Morgan fingerprint density at radius 3 is 1.87 bits per heavy atom. The van der Waals surface area contributed by atoms with Crippen LogP contribution >= 0.6 is 0 Å². The molecule has 0 saturated heterocycles. The number of hydrogen-bond acceptors (Lipinski definition) is 3. The second kappa shape index (κ2) is 7.38. The molecular weight excluding hydrogens is 206 g/mol. The Labute approximate surface area is 96.5 Å². The van der Waals surface area contributed by atoms with Gasteiger partial charge in [-0.1, -0.05) is 20.8 Å². The molecule has 0 aliphatic carbocycles. The van der Waals surface area contributed by atoms with Gasteiger partial charge in [0.2, 0.25) is 0 Å². The molecule has 0 aliphatic heterocycles. The summed E-state index contributed by atoms with van der Waals surface area (Å²) in [5.41, 5.74) is 6.40. The van der Waals surface area contributed by atoms with Crippen molar-refractivity contribution in [1.29, 1.82) is 0 Å². The van der Waals surface area contributed by atoms with E-state index in [4.69, 9.17) is 15.2 Å².